The molecular weight excluding hydrogens is 504 g/mol. The highest BCUT2D eigenvalue weighted by atomic mass is 16.5. The molecule has 2 aromatic carbocycles. The second kappa shape index (κ2) is 11.9. The number of carbonyl (C=O) groups excluding carboxylic acids is 1. The van der Waals surface area contributed by atoms with E-state index >= 15 is 0 Å². The summed E-state index contributed by atoms with van der Waals surface area (Å²) in [5.41, 5.74) is 6.53. The molecule has 0 bridgehead atoms. The SMILES string of the molecule is CCOc1cc(OCC)cc(C(Nc2ccc(C(=N)N)c(OC(C)=O)c2)c2nn(-c3ncccn3)c(=O)[nH]2)c1. The van der Waals surface area contributed by atoms with Crippen molar-refractivity contribution < 1.29 is 19.0 Å². The molecule has 0 fully saturated rings. The molecule has 0 saturated heterocycles. The molecule has 0 amide bonds. The molecule has 13 nitrogen and oxygen atoms in total. The average molecular weight is 533 g/mol. The number of aromatic amines is 1. The maximum Gasteiger partial charge on any atom is 0.350 e. The zero-order chi connectivity index (χ0) is 27.9. The topological polar surface area (TPSA) is 183 Å². The van der Waals surface area contributed by atoms with E-state index in [1.807, 2.05) is 13.8 Å². The number of ether oxygens (including phenoxy) is 3. The minimum absolute atomic E-state index is 0.102. The van der Waals surface area contributed by atoms with Crippen molar-refractivity contribution in [2.24, 2.45) is 5.73 Å². The van der Waals surface area contributed by atoms with Gasteiger partial charge in [-0.05, 0) is 49.7 Å². The van der Waals surface area contributed by atoms with Crippen LogP contribution in [0.3, 0.4) is 0 Å². The Morgan fingerprint density at radius 2 is 1.77 bits per heavy atom. The molecular formula is C26H28N8O5. The number of nitrogens with zero attached hydrogens (tertiary/aromatic N) is 4. The second-order valence-corrected chi connectivity index (χ2v) is 8.18. The van der Waals surface area contributed by atoms with Gasteiger partial charge in [0.15, 0.2) is 5.82 Å². The largest absolute Gasteiger partial charge is 0.494 e. The van der Waals surface area contributed by atoms with Gasteiger partial charge in [0.05, 0.1) is 18.8 Å². The van der Waals surface area contributed by atoms with E-state index in [9.17, 15) is 9.59 Å². The first-order valence-electron chi connectivity index (χ1n) is 12.1. The van der Waals surface area contributed by atoms with Gasteiger partial charge in [-0.25, -0.2) is 14.8 Å². The summed E-state index contributed by atoms with van der Waals surface area (Å²) in [5, 5.41) is 15.6. The molecule has 4 rings (SSSR count). The van der Waals surface area contributed by atoms with Gasteiger partial charge in [0.25, 0.3) is 5.95 Å². The van der Waals surface area contributed by atoms with Crippen LogP contribution in [0.5, 0.6) is 17.2 Å². The van der Waals surface area contributed by atoms with Crippen LogP contribution < -0.4 is 31.0 Å². The van der Waals surface area contributed by atoms with Gasteiger partial charge in [-0.3, -0.25) is 15.2 Å². The van der Waals surface area contributed by atoms with Gasteiger partial charge < -0.3 is 25.3 Å². The molecule has 0 spiro atoms. The number of carbonyl (C=O) groups is 1. The van der Waals surface area contributed by atoms with Crippen LogP contribution in [0.15, 0.2) is 59.7 Å². The lowest BCUT2D eigenvalue weighted by Gasteiger charge is -2.21. The Morgan fingerprint density at radius 3 is 2.36 bits per heavy atom. The molecule has 202 valence electrons. The number of anilines is 1. The molecule has 1 atom stereocenters. The molecule has 0 aliphatic carbocycles. The van der Waals surface area contributed by atoms with Gasteiger partial charge in [0.2, 0.25) is 0 Å². The minimum Gasteiger partial charge on any atom is -0.494 e. The van der Waals surface area contributed by atoms with Gasteiger partial charge in [0.1, 0.15) is 29.1 Å². The Balaban J connectivity index is 1.84. The molecule has 4 aromatic rings. The van der Waals surface area contributed by atoms with Crippen LogP contribution in [0, 0.1) is 5.41 Å². The number of nitrogens with two attached hydrogens (primary N) is 1. The Hall–Kier alpha value is -5.20. The summed E-state index contributed by atoms with van der Waals surface area (Å²) in [4.78, 5) is 35.5. The van der Waals surface area contributed by atoms with Crippen LogP contribution in [-0.2, 0) is 4.79 Å². The third-order valence-corrected chi connectivity index (χ3v) is 5.34. The summed E-state index contributed by atoms with van der Waals surface area (Å²) in [5.74, 6) is 0.748. The Morgan fingerprint density at radius 1 is 1.10 bits per heavy atom. The van der Waals surface area contributed by atoms with Crippen molar-refractivity contribution in [1.82, 2.24) is 24.7 Å². The number of nitrogens with one attached hydrogen (secondary N) is 3. The van der Waals surface area contributed by atoms with E-state index < -0.39 is 17.7 Å². The van der Waals surface area contributed by atoms with Crippen molar-refractivity contribution in [1.29, 1.82) is 5.41 Å². The lowest BCUT2D eigenvalue weighted by atomic mass is 10.0. The number of amidine groups is 1. The predicted molar refractivity (Wildman–Crippen MR) is 143 cm³/mol. The summed E-state index contributed by atoms with van der Waals surface area (Å²) < 4.78 is 17.9. The average Bonchev–Trinajstić information content (AvgIpc) is 3.28. The fourth-order valence-corrected chi connectivity index (χ4v) is 3.82. The Labute approximate surface area is 223 Å². The van der Waals surface area contributed by atoms with E-state index in [1.165, 1.54) is 25.4 Å². The summed E-state index contributed by atoms with van der Waals surface area (Å²) in [7, 11) is 0. The van der Waals surface area contributed by atoms with Gasteiger partial charge >= 0.3 is 11.7 Å². The number of rotatable bonds is 11. The lowest BCUT2D eigenvalue weighted by Crippen LogP contribution is -2.18. The van der Waals surface area contributed by atoms with Gasteiger partial charge in [0, 0.05) is 37.1 Å². The van der Waals surface area contributed by atoms with Crippen molar-refractivity contribution in [3.8, 4) is 23.2 Å². The normalized spacial score (nSPS) is 11.5. The monoisotopic (exact) mass is 532 g/mol. The molecule has 2 heterocycles. The molecule has 1 unspecified atom stereocenters. The summed E-state index contributed by atoms with van der Waals surface area (Å²) >= 11 is 0. The number of esters is 1. The van der Waals surface area contributed by atoms with Crippen LogP contribution in [0.4, 0.5) is 5.69 Å². The van der Waals surface area contributed by atoms with Crippen LogP contribution >= 0.6 is 0 Å². The third kappa shape index (κ3) is 6.39. The van der Waals surface area contributed by atoms with E-state index in [0.717, 1.165) is 4.68 Å². The van der Waals surface area contributed by atoms with Crippen molar-refractivity contribution in [2.45, 2.75) is 26.8 Å². The molecule has 13 heteroatoms. The molecule has 0 saturated carbocycles. The number of benzene rings is 2. The Kier molecular flexibility index (Phi) is 8.19. The number of aromatic nitrogens is 5. The van der Waals surface area contributed by atoms with Crippen molar-refractivity contribution in [3.05, 3.63) is 82.3 Å². The first kappa shape index (κ1) is 26.9. The molecule has 0 aliphatic heterocycles. The van der Waals surface area contributed by atoms with E-state index in [2.05, 4.69) is 25.4 Å². The third-order valence-electron chi connectivity index (χ3n) is 5.34. The van der Waals surface area contributed by atoms with E-state index in [-0.39, 0.29) is 28.9 Å². The van der Waals surface area contributed by atoms with Crippen molar-refractivity contribution in [2.75, 3.05) is 18.5 Å². The van der Waals surface area contributed by atoms with Crippen LogP contribution in [0.2, 0.25) is 0 Å². The van der Waals surface area contributed by atoms with Crippen LogP contribution in [0.1, 0.15) is 43.8 Å². The molecule has 39 heavy (non-hydrogen) atoms. The fraction of sp³-hybridized carbons (Fsp3) is 0.231. The molecule has 5 N–H and O–H groups in total. The van der Waals surface area contributed by atoms with E-state index in [4.69, 9.17) is 25.4 Å². The first-order valence-corrected chi connectivity index (χ1v) is 12.1. The first-order chi connectivity index (χ1) is 18.8. The van der Waals surface area contributed by atoms with E-state index in [1.54, 1.807) is 36.4 Å². The maximum absolute atomic E-state index is 12.9. The zero-order valence-electron chi connectivity index (χ0n) is 21.6. The number of H-pyrrole nitrogens is 1. The highest BCUT2D eigenvalue weighted by Gasteiger charge is 2.23. The highest BCUT2D eigenvalue weighted by molar-refractivity contribution is 5.98. The summed E-state index contributed by atoms with van der Waals surface area (Å²) in [6.07, 6.45) is 3.01. The number of hydrogen-bond donors (Lipinski definition) is 4. The second-order valence-electron chi connectivity index (χ2n) is 8.18. The fourth-order valence-electron chi connectivity index (χ4n) is 3.82. The number of nitrogen functional groups attached to an aromatic ring is 1. The van der Waals surface area contributed by atoms with Crippen LogP contribution in [-0.4, -0.2) is 49.8 Å². The Bertz CT molecular complexity index is 1510. The predicted octanol–water partition coefficient (Wildman–Crippen LogP) is 2.56. The summed E-state index contributed by atoms with van der Waals surface area (Å²) in [6, 6.07) is 11.0. The quantitative estimate of drug-likeness (QED) is 0.0969. The van der Waals surface area contributed by atoms with Crippen molar-refractivity contribution in [3.63, 3.8) is 0 Å². The highest BCUT2D eigenvalue weighted by Crippen LogP contribution is 2.33. The van der Waals surface area contributed by atoms with Gasteiger partial charge in [-0.15, -0.1) is 9.78 Å². The van der Waals surface area contributed by atoms with Gasteiger partial charge in [-0.1, -0.05) is 0 Å². The standard InChI is InChI=1S/C26H28N8O5/c1-4-37-18-11-16(12-19(14-18)38-5-2)22(24-32-26(36)34(33-24)25-29-9-6-10-30-25)31-17-7-8-20(23(27)28)21(13-17)39-15(3)35/h6-14,22,31H,4-5H2,1-3H3,(H3,27,28)(H,32,33,36). The minimum atomic E-state index is -0.740. The zero-order valence-corrected chi connectivity index (χ0v) is 21.6. The number of hydrogen-bond acceptors (Lipinski definition) is 10. The van der Waals surface area contributed by atoms with E-state index in [0.29, 0.717) is 36.0 Å². The smallest absolute Gasteiger partial charge is 0.350 e. The van der Waals surface area contributed by atoms with Gasteiger partial charge in [-0.2, -0.15) is 0 Å². The summed E-state index contributed by atoms with van der Waals surface area (Å²) in [6.45, 7) is 5.86. The molecule has 0 aliphatic rings. The van der Waals surface area contributed by atoms with Crippen LogP contribution in [0.25, 0.3) is 5.95 Å². The lowest BCUT2D eigenvalue weighted by molar-refractivity contribution is -0.131. The van der Waals surface area contributed by atoms with Crippen molar-refractivity contribution >= 4 is 17.5 Å². The maximum atomic E-state index is 12.9. The molecule has 0 radical (unpaired) electrons. The molecule has 2 aromatic heterocycles.